The fraction of sp³-hybridized carbons (Fsp3) is 0.0556. The van der Waals surface area contributed by atoms with Crippen LogP contribution in [0.25, 0.3) is 33.0 Å². The molecule has 0 radical (unpaired) electrons. The van der Waals surface area contributed by atoms with Gasteiger partial charge >= 0.3 is 0 Å². The van der Waals surface area contributed by atoms with Crippen molar-refractivity contribution in [2.75, 3.05) is 0 Å². The van der Waals surface area contributed by atoms with Crippen LogP contribution in [-0.2, 0) is 5.41 Å². The zero-order chi connectivity index (χ0) is 24.1. The van der Waals surface area contributed by atoms with Crippen LogP contribution in [0.4, 0.5) is 0 Å². The van der Waals surface area contributed by atoms with Gasteiger partial charge in [0.25, 0.3) is 0 Å². The molecule has 1 aliphatic carbocycles. The SMILES string of the molecule is Cc1c(-c2ccc3c(c2)C(c2ccccc2)(c2ccccc2)c2ccccc2-3)ccc2ccccc12. The molecule has 0 aromatic heterocycles. The molecule has 0 saturated carbocycles. The second-order valence-electron chi connectivity index (χ2n) is 9.75. The van der Waals surface area contributed by atoms with Gasteiger partial charge in [0.1, 0.15) is 0 Å². The normalized spacial score (nSPS) is 13.4. The zero-order valence-corrected chi connectivity index (χ0v) is 20.3. The smallest absolute Gasteiger partial charge is 0.0622 e. The molecule has 0 aliphatic heterocycles. The van der Waals surface area contributed by atoms with Crippen LogP contribution in [-0.4, -0.2) is 0 Å². The van der Waals surface area contributed by atoms with Crippen LogP contribution < -0.4 is 0 Å². The third-order valence-corrected chi connectivity index (χ3v) is 7.97. The molecule has 0 atom stereocenters. The molecule has 0 heterocycles. The van der Waals surface area contributed by atoms with Crippen molar-refractivity contribution in [3.05, 3.63) is 167 Å². The van der Waals surface area contributed by atoms with Crippen molar-refractivity contribution >= 4 is 10.8 Å². The van der Waals surface area contributed by atoms with E-state index in [1.54, 1.807) is 0 Å². The average Bonchev–Trinajstić information content (AvgIpc) is 3.25. The average molecular weight is 459 g/mol. The lowest BCUT2D eigenvalue weighted by molar-refractivity contribution is 0.769. The largest absolute Gasteiger partial charge is 0.0713 e. The van der Waals surface area contributed by atoms with Crippen LogP contribution in [0.15, 0.2) is 140 Å². The predicted octanol–water partition coefficient (Wildman–Crippen LogP) is 9.18. The third kappa shape index (κ3) is 2.88. The molecule has 6 aromatic rings. The minimum Gasteiger partial charge on any atom is -0.0622 e. The fourth-order valence-corrected chi connectivity index (χ4v) is 6.35. The van der Waals surface area contributed by atoms with Crippen LogP contribution in [0.2, 0.25) is 0 Å². The lowest BCUT2D eigenvalue weighted by Gasteiger charge is -2.34. The summed E-state index contributed by atoms with van der Waals surface area (Å²) in [6, 6.07) is 51.3. The molecule has 0 fully saturated rings. The van der Waals surface area contributed by atoms with E-state index < -0.39 is 0 Å². The van der Waals surface area contributed by atoms with Gasteiger partial charge in [-0.2, -0.15) is 0 Å². The van der Waals surface area contributed by atoms with Crippen LogP contribution in [0.5, 0.6) is 0 Å². The Morgan fingerprint density at radius 1 is 0.444 bits per heavy atom. The lowest BCUT2D eigenvalue weighted by atomic mass is 9.67. The molecular weight excluding hydrogens is 432 g/mol. The Kier molecular flexibility index (Phi) is 4.69. The van der Waals surface area contributed by atoms with E-state index in [1.165, 1.54) is 60.8 Å². The Labute approximate surface area is 212 Å². The van der Waals surface area contributed by atoms with E-state index in [0.29, 0.717) is 0 Å². The lowest BCUT2D eigenvalue weighted by Crippen LogP contribution is -2.28. The summed E-state index contributed by atoms with van der Waals surface area (Å²) < 4.78 is 0. The van der Waals surface area contributed by atoms with E-state index in [4.69, 9.17) is 0 Å². The van der Waals surface area contributed by atoms with E-state index in [-0.39, 0.29) is 5.41 Å². The second kappa shape index (κ2) is 8.07. The van der Waals surface area contributed by atoms with Crippen molar-refractivity contribution in [3.63, 3.8) is 0 Å². The first-order valence-corrected chi connectivity index (χ1v) is 12.6. The molecule has 0 bridgehead atoms. The van der Waals surface area contributed by atoms with Gasteiger partial charge in [0.05, 0.1) is 5.41 Å². The maximum atomic E-state index is 2.45. The van der Waals surface area contributed by atoms with Gasteiger partial charge in [0, 0.05) is 0 Å². The van der Waals surface area contributed by atoms with Crippen molar-refractivity contribution < 1.29 is 0 Å². The molecule has 36 heavy (non-hydrogen) atoms. The van der Waals surface area contributed by atoms with Crippen molar-refractivity contribution in [1.82, 2.24) is 0 Å². The van der Waals surface area contributed by atoms with E-state index in [2.05, 4.69) is 146 Å². The minimum absolute atomic E-state index is 0.366. The summed E-state index contributed by atoms with van der Waals surface area (Å²) in [5, 5.41) is 2.60. The quantitative estimate of drug-likeness (QED) is 0.248. The molecule has 0 N–H and O–H groups in total. The van der Waals surface area contributed by atoms with E-state index in [9.17, 15) is 0 Å². The van der Waals surface area contributed by atoms with Crippen LogP contribution in [0.1, 0.15) is 27.8 Å². The van der Waals surface area contributed by atoms with Crippen molar-refractivity contribution in [1.29, 1.82) is 0 Å². The summed E-state index contributed by atoms with van der Waals surface area (Å²) in [5.74, 6) is 0. The zero-order valence-electron chi connectivity index (χ0n) is 20.3. The van der Waals surface area contributed by atoms with Crippen LogP contribution >= 0.6 is 0 Å². The minimum atomic E-state index is -0.366. The van der Waals surface area contributed by atoms with Crippen molar-refractivity contribution in [2.24, 2.45) is 0 Å². The molecule has 0 amide bonds. The highest BCUT2D eigenvalue weighted by atomic mass is 14.5. The van der Waals surface area contributed by atoms with E-state index >= 15 is 0 Å². The maximum absolute atomic E-state index is 2.45. The molecule has 170 valence electrons. The topological polar surface area (TPSA) is 0 Å². The molecule has 0 unspecified atom stereocenters. The molecule has 0 saturated heterocycles. The van der Waals surface area contributed by atoms with Gasteiger partial charge in [0.2, 0.25) is 0 Å². The molecule has 0 heteroatoms. The first-order valence-electron chi connectivity index (χ1n) is 12.6. The highest BCUT2D eigenvalue weighted by Crippen LogP contribution is 2.56. The van der Waals surface area contributed by atoms with Crippen molar-refractivity contribution in [3.8, 4) is 22.3 Å². The molecule has 1 aliphatic rings. The molecule has 7 rings (SSSR count). The Hall–Kier alpha value is -4.42. The highest BCUT2D eigenvalue weighted by molar-refractivity contribution is 5.93. The maximum Gasteiger partial charge on any atom is 0.0713 e. The number of hydrogen-bond acceptors (Lipinski definition) is 0. The van der Waals surface area contributed by atoms with Gasteiger partial charge in [-0.1, -0.05) is 133 Å². The Morgan fingerprint density at radius 2 is 1.03 bits per heavy atom. The first kappa shape index (κ1) is 20.9. The number of rotatable bonds is 3. The van der Waals surface area contributed by atoms with Gasteiger partial charge in [-0.15, -0.1) is 0 Å². The number of benzene rings is 6. The first-order chi connectivity index (χ1) is 17.8. The molecular formula is C36H26. The van der Waals surface area contributed by atoms with Crippen LogP contribution in [0, 0.1) is 6.92 Å². The van der Waals surface area contributed by atoms with Crippen LogP contribution in [0.3, 0.4) is 0 Å². The summed E-state index contributed by atoms with van der Waals surface area (Å²) in [7, 11) is 0. The summed E-state index contributed by atoms with van der Waals surface area (Å²) >= 11 is 0. The standard InChI is InChI=1S/C36H26/c1-25-30-17-9-8-12-26(30)20-22-31(25)27-21-23-33-32-18-10-11-19-34(32)36(35(33)24-27,28-13-4-2-5-14-28)29-15-6-3-7-16-29/h2-24H,1H3. The van der Waals surface area contributed by atoms with Gasteiger partial charge < -0.3 is 0 Å². The highest BCUT2D eigenvalue weighted by Gasteiger charge is 2.46. The van der Waals surface area contributed by atoms with Gasteiger partial charge in [-0.05, 0) is 73.8 Å². The summed E-state index contributed by atoms with van der Waals surface area (Å²) in [6.07, 6.45) is 0. The number of hydrogen-bond donors (Lipinski definition) is 0. The van der Waals surface area contributed by atoms with Gasteiger partial charge in [0.15, 0.2) is 0 Å². The fourth-order valence-electron chi connectivity index (χ4n) is 6.35. The third-order valence-electron chi connectivity index (χ3n) is 7.97. The van der Waals surface area contributed by atoms with E-state index in [0.717, 1.165) is 0 Å². The summed E-state index contributed by atoms with van der Waals surface area (Å²) in [5.41, 5.74) is 11.5. The summed E-state index contributed by atoms with van der Waals surface area (Å²) in [6.45, 7) is 2.25. The Balaban J connectivity index is 1.57. The molecule has 6 aromatic carbocycles. The van der Waals surface area contributed by atoms with Gasteiger partial charge in [-0.25, -0.2) is 0 Å². The monoisotopic (exact) mass is 458 g/mol. The number of fused-ring (bicyclic) bond motifs is 4. The molecule has 0 nitrogen and oxygen atoms in total. The predicted molar refractivity (Wildman–Crippen MR) is 151 cm³/mol. The Bertz CT molecular complexity index is 1690. The Morgan fingerprint density at radius 3 is 1.78 bits per heavy atom. The molecule has 0 spiro atoms. The van der Waals surface area contributed by atoms with Gasteiger partial charge in [-0.3, -0.25) is 0 Å². The van der Waals surface area contributed by atoms with E-state index in [1.807, 2.05) is 0 Å². The number of aryl methyl sites for hydroxylation is 1. The van der Waals surface area contributed by atoms with Crippen molar-refractivity contribution in [2.45, 2.75) is 12.3 Å². The summed E-state index contributed by atoms with van der Waals surface area (Å²) in [4.78, 5) is 0. The second-order valence-corrected chi connectivity index (χ2v) is 9.75.